The number of carbonyl (C=O) groups is 1. The first-order valence-electron chi connectivity index (χ1n) is 9.74. The van der Waals surface area contributed by atoms with Gasteiger partial charge in [-0.05, 0) is 48.0 Å². The highest BCUT2D eigenvalue weighted by Gasteiger charge is 2.14. The molecular weight excluding hydrogens is 392 g/mol. The lowest BCUT2D eigenvalue weighted by Crippen LogP contribution is -2.26. The number of rotatable bonds is 7. The minimum Gasteiger partial charge on any atom is -0.497 e. The Morgan fingerprint density at radius 2 is 1.81 bits per heavy atom. The van der Waals surface area contributed by atoms with E-state index in [4.69, 9.17) is 9.15 Å². The maximum Gasteiger partial charge on any atom is 0.254 e. The molecule has 0 saturated carbocycles. The second kappa shape index (κ2) is 9.13. The van der Waals surface area contributed by atoms with Crippen LogP contribution in [0.2, 0.25) is 0 Å². The molecule has 4 rings (SSSR count). The third-order valence-corrected chi connectivity index (χ3v) is 4.76. The fourth-order valence-corrected chi connectivity index (χ4v) is 3.11. The zero-order valence-corrected chi connectivity index (χ0v) is 17.3. The van der Waals surface area contributed by atoms with Crippen molar-refractivity contribution in [1.82, 2.24) is 14.9 Å². The van der Waals surface area contributed by atoms with Gasteiger partial charge in [0.2, 0.25) is 5.95 Å². The lowest BCUT2D eigenvalue weighted by atomic mass is 10.1. The number of aromatic nitrogens is 2. The number of nitrogens with one attached hydrogen (secondary N) is 1. The molecule has 31 heavy (non-hydrogen) atoms. The summed E-state index contributed by atoms with van der Waals surface area (Å²) in [6.45, 7) is 0.402. The number of amides is 1. The van der Waals surface area contributed by atoms with E-state index in [1.165, 1.54) is 0 Å². The van der Waals surface area contributed by atoms with Crippen LogP contribution in [-0.2, 0) is 6.54 Å². The minimum atomic E-state index is -0.101. The molecule has 0 aliphatic rings. The summed E-state index contributed by atoms with van der Waals surface area (Å²) in [4.78, 5) is 23.1. The minimum absolute atomic E-state index is 0.101. The predicted molar refractivity (Wildman–Crippen MR) is 118 cm³/mol. The smallest absolute Gasteiger partial charge is 0.254 e. The van der Waals surface area contributed by atoms with E-state index in [1.54, 1.807) is 55.9 Å². The van der Waals surface area contributed by atoms with Gasteiger partial charge in [-0.3, -0.25) is 4.79 Å². The molecule has 1 N–H and O–H groups in total. The number of hydrogen-bond acceptors (Lipinski definition) is 6. The second-order valence-electron chi connectivity index (χ2n) is 6.97. The summed E-state index contributed by atoms with van der Waals surface area (Å²) < 4.78 is 10.5. The summed E-state index contributed by atoms with van der Waals surface area (Å²) in [6.07, 6.45) is 5.10. The van der Waals surface area contributed by atoms with Crippen molar-refractivity contribution in [2.45, 2.75) is 6.54 Å². The van der Waals surface area contributed by atoms with Crippen LogP contribution in [0.15, 0.2) is 83.7 Å². The molecule has 2 aromatic carbocycles. The zero-order chi connectivity index (χ0) is 21.6. The topological polar surface area (TPSA) is 80.5 Å². The van der Waals surface area contributed by atoms with Crippen LogP contribution in [0.25, 0.3) is 11.1 Å². The number of ether oxygens (including phenoxy) is 1. The number of methoxy groups -OCH3 is 1. The first kappa shape index (κ1) is 20.2. The molecule has 7 nitrogen and oxygen atoms in total. The molecule has 0 atom stereocenters. The van der Waals surface area contributed by atoms with Crippen molar-refractivity contribution < 1.29 is 13.9 Å². The van der Waals surface area contributed by atoms with Crippen molar-refractivity contribution in [2.24, 2.45) is 0 Å². The first-order valence-corrected chi connectivity index (χ1v) is 9.74. The summed E-state index contributed by atoms with van der Waals surface area (Å²) >= 11 is 0. The lowest BCUT2D eigenvalue weighted by molar-refractivity contribution is 0.0775. The summed E-state index contributed by atoms with van der Waals surface area (Å²) in [6, 6.07) is 18.6. The monoisotopic (exact) mass is 414 g/mol. The molecule has 4 aromatic rings. The van der Waals surface area contributed by atoms with Crippen LogP contribution in [-0.4, -0.2) is 34.9 Å². The van der Waals surface area contributed by atoms with E-state index in [1.807, 2.05) is 42.5 Å². The molecule has 0 bridgehead atoms. The Bertz CT molecular complexity index is 1140. The Hall–Kier alpha value is -4.13. The molecule has 2 heterocycles. The third-order valence-electron chi connectivity index (χ3n) is 4.76. The number of benzene rings is 2. The van der Waals surface area contributed by atoms with Crippen LogP contribution in [0.4, 0.5) is 11.6 Å². The van der Waals surface area contributed by atoms with E-state index in [2.05, 4.69) is 15.3 Å². The molecule has 0 radical (unpaired) electrons. The number of furan rings is 1. The Kier molecular flexibility index (Phi) is 5.93. The highest BCUT2D eigenvalue weighted by molar-refractivity contribution is 5.95. The lowest BCUT2D eigenvalue weighted by Gasteiger charge is -2.16. The Balaban J connectivity index is 1.44. The molecule has 0 fully saturated rings. The van der Waals surface area contributed by atoms with Crippen LogP contribution in [0, 0.1) is 0 Å². The third kappa shape index (κ3) is 4.90. The van der Waals surface area contributed by atoms with Gasteiger partial charge < -0.3 is 19.4 Å². The average Bonchev–Trinajstić information content (AvgIpc) is 3.32. The van der Waals surface area contributed by atoms with E-state index in [9.17, 15) is 4.79 Å². The van der Waals surface area contributed by atoms with E-state index in [0.29, 0.717) is 18.1 Å². The van der Waals surface area contributed by atoms with E-state index in [-0.39, 0.29) is 5.91 Å². The highest BCUT2D eigenvalue weighted by Crippen LogP contribution is 2.22. The van der Waals surface area contributed by atoms with Gasteiger partial charge in [-0.25, -0.2) is 9.97 Å². The largest absolute Gasteiger partial charge is 0.497 e. The van der Waals surface area contributed by atoms with Crippen molar-refractivity contribution in [2.75, 3.05) is 19.5 Å². The number of nitrogens with zero attached hydrogens (tertiary/aromatic N) is 3. The number of anilines is 2. The van der Waals surface area contributed by atoms with E-state index in [0.717, 1.165) is 28.3 Å². The Morgan fingerprint density at radius 3 is 2.48 bits per heavy atom. The quantitative estimate of drug-likeness (QED) is 0.470. The fraction of sp³-hybridized carbons (Fsp3) is 0.125. The second-order valence-corrected chi connectivity index (χ2v) is 6.97. The maximum atomic E-state index is 12.7. The normalized spacial score (nSPS) is 10.5. The van der Waals surface area contributed by atoms with Crippen molar-refractivity contribution in [1.29, 1.82) is 0 Å². The van der Waals surface area contributed by atoms with Gasteiger partial charge >= 0.3 is 0 Å². The summed E-state index contributed by atoms with van der Waals surface area (Å²) in [7, 11) is 3.38. The van der Waals surface area contributed by atoms with Crippen LogP contribution >= 0.6 is 0 Å². The Labute approximate surface area is 180 Å². The standard InChI is InChI=1S/C24H22N4O3/c1-28(16-22-7-4-12-31-22)23(29)18-5-3-6-20(13-18)27-24-25-14-19(15-26-24)17-8-10-21(30-2)11-9-17/h3-15H,16H2,1-2H3,(H,25,26,27). The highest BCUT2D eigenvalue weighted by atomic mass is 16.5. The number of carbonyl (C=O) groups excluding carboxylic acids is 1. The molecule has 0 saturated heterocycles. The van der Waals surface area contributed by atoms with Crippen LogP contribution < -0.4 is 10.1 Å². The van der Waals surface area contributed by atoms with Crippen molar-refractivity contribution in [3.63, 3.8) is 0 Å². The van der Waals surface area contributed by atoms with Gasteiger partial charge in [0.05, 0.1) is 19.9 Å². The predicted octanol–water partition coefficient (Wildman–Crippen LogP) is 4.76. The van der Waals surface area contributed by atoms with Gasteiger partial charge in [-0.2, -0.15) is 0 Å². The van der Waals surface area contributed by atoms with Crippen molar-refractivity contribution >= 4 is 17.5 Å². The number of hydrogen-bond donors (Lipinski definition) is 1. The van der Waals surface area contributed by atoms with E-state index >= 15 is 0 Å². The molecule has 7 heteroatoms. The summed E-state index contributed by atoms with van der Waals surface area (Å²) in [5.74, 6) is 1.88. The van der Waals surface area contributed by atoms with Crippen LogP contribution in [0.1, 0.15) is 16.1 Å². The molecule has 1 amide bonds. The maximum absolute atomic E-state index is 12.7. The zero-order valence-electron chi connectivity index (χ0n) is 17.3. The van der Waals surface area contributed by atoms with Crippen molar-refractivity contribution in [3.8, 4) is 16.9 Å². The molecule has 0 spiro atoms. The van der Waals surface area contributed by atoms with Gasteiger partial charge in [0.1, 0.15) is 11.5 Å². The first-order chi connectivity index (χ1) is 15.1. The van der Waals surface area contributed by atoms with Gasteiger partial charge in [0, 0.05) is 36.3 Å². The van der Waals surface area contributed by atoms with Crippen molar-refractivity contribution in [3.05, 3.63) is 90.6 Å². The van der Waals surface area contributed by atoms with Gasteiger partial charge in [0.25, 0.3) is 5.91 Å². The molecule has 0 aliphatic carbocycles. The molecule has 2 aromatic heterocycles. The Morgan fingerprint density at radius 1 is 1.03 bits per heavy atom. The molecular formula is C24H22N4O3. The fourth-order valence-electron chi connectivity index (χ4n) is 3.11. The van der Waals surface area contributed by atoms with E-state index < -0.39 is 0 Å². The van der Waals surface area contributed by atoms with Gasteiger partial charge in [0.15, 0.2) is 0 Å². The SMILES string of the molecule is COc1ccc(-c2cnc(Nc3cccc(C(=O)N(C)Cc4ccco4)c3)nc2)cc1. The summed E-state index contributed by atoms with van der Waals surface area (Å²) in [5.41, 5.74) is 3.19. The van der Waals surface area contributed by atoms with Gasteiger partial charge in [-0.1, -0.05) is 18.2 Å². The summed E-state index contributed by atoms with van der Waals surface area (Å²) in [5, 5.41) is 3.15. The molecule has 156 valence electrons. The van der Waals surface area contributed by atoms with Gasteiger partial charge in [-0.15, -0.1) is 0 Å². The van der Waals surface area contributed by atoms with Crippen LogP contribution in [0.3, 0.4) is 0 Å². The van der Waals surface area contributed by atoms with Crippen LogP contribution in [0.5, 0.6) is 5.75 Å². The average molecular weight is 414 g/mol. The molecule has 0 unspecified atom stereocenters. The molecule has 0 aliphatic heterocycles.